The number of carbonyl (C=O) groups excluding carboxylic acids is 2. The van der Waals surface area contributed by atoms with Gasteiger partial charge in [0.2, 0.25) is 11.8 Å². The van der Waals surface area contributed by atoms with Gasteiger partial charge in [-0.25, -0.2) is 0 Å². The second kappa shape index (κ2) is 9.93. The smallest absolute Gasteiger partial charge is 0.225 e. The quantitative estimate of drug-likeness (QED) is 0.814. The standard InChI is InChI=1S/C20H28N4O2/c1-3-24(4-2)20(26)17-9-12-23(13-10-17)14-11-19(25)22-18-7-5-16(15-21)6-8-18/h5-8,17H,3-4,9-14H2,1-2H3,(H,22,25). The van der Waals surface area contributed by atoms with E-state index in [-0.39, 0.29) is 17.7 Å². The fourth-order valence-electron chi connectivity index (χ4n) is 3.31. The summed E-state index contributed by atoms with van der Waals surface area (Å²) in [5, 5.41) is 11.6. The Labute approximate surface area is 155 Å². The van der Waals surface area contributed by atoms with Crippen LogP contribution in [-0.4, -0.2) is 54.3 Å². The first-order valence-corrected chi connectivity index (χ1v) is 9.38. The van der Waals surface area contributed by atoms with Gasteiger partial charge in [-0.3, -0.25) is 9.59 Å². The van der Waals surface area contributed by atoms with Crippen LogP contribution in [0.5, 0.6) is 0 Å². The summed E-state index contributed by atoms with van der Waals surface area (Å²) in [4.78, 5) is 28.7. The van der Waals surface area contributed by atoms with Gasteiger partial charge in [0, 0.05) is 37.7 Å². The third kappa shape index (κ3) is 5.57. The molecule has 140 valence electrons. The number of hydrogen-bond donors (Lipinski definition) is 1. The molecule has 0 saturated carbocycles. The van der Waals surface area contributed by atoms with E-state index in [0.717, 1.165) is 39.0 Å². The lowest BCUT2D eigenvalue weighted by Crippen LogP contribution is -2.43. The Morgan fingerprint density at radius 2 is 1.81 bits per heavy atom. The lowest BCUT2D eigenvalue weighted by Gasteiger charge is -2.33. The van der Waals surface area contributed by atoms with Crippen molar-refractivity contribution >= 4 is 17.5 Å². The minimum absolute atomic E-state index is 0.0314. The second-order valence-electron chi connectivity index (χ2n) is 6.61. The SMILES string of the molecule is CCN(CC)C(=O)C1CCN(CCC(=O)Nc2ccc(C#N)cc2)CC1. The third-order valence-corrected chi connectivity index (χ3v) is 4.96. The molecule has 1 N–H and O–H groups in total. The number of likely N-dealkylation sites (tertiary alicyclic amines) is 1. The van der Waals surface area contributed by atoms with Gasteiger partial charge in [0.15, 0.2) is 0 Å². The predicted molar refractivity (Wildman–Crippen MR) is 101 cm³/mol. The van der Waals surface area contributed by atoms with Gasteiger partial charge in [-0.2, -0.15) is 5.26 Å². The van der Waals surface area contributed by atoms with Crippen LogP contribution >= 0.6 is 0 Å². The lowest BCUT2D eigenvalue weighted by atomic mass is 9.95. The Bertz CT molecular complexity index is 639. The van der Waals surface area contributed by atoms with Crippen molar-refractivity contribution in [3.05, 3.63) is 29.8 Å². The van der Waals surface area contributed by atoms with Crippen molar-refractivity contribution in [3.8, 4) is 6.07 Å². The molecular formula is C20H28N4O2. The molecule has 26 heavy (non-hydrogen) atoms. The fourth-order valence-corrected chi connectivity index (χ4v) is 3.31. The molecule has 0 bridgehead atoms. The van der Waals surface area contributed by atoms with Crippen molar-refractivity contribution in [2.75, 3.05) is 38.0 Å². The monoisotopic (exact) mass is 356 g/mol. The van der Waals surface area contributed by atoms with E-state index in [4.69, 9.17) is 5.26 Å². The molecule has 1 aliphatic heterocycles. The summed E-state index contributed by atoms with van der Waals surface area (Å²) in [6.45, 7) is 8.00. The molecule has 0 radical (unpaired) electrons. The molecule has 0 aliphatic carbocycles. The number of amides is 2. The lowest BCUT2D eigenvalue weighted by molar-refractivity contribution is -0.136. The Morgan fingerprint density at radius 3 is 2.35 bits per heavy atom. The van der Waals surface area contributed by atoms with E-state index >= 15 is 0 Å². The molecule has 0 unspecified atom stereocenters. The van der Waals surface area contributed by atoms with Gasteiger partial charge in [-0.15, -0.1) is 0 Å². The number of nitriles is 1. The van der Waals surface area contributed by atoms with Crippen molar-refractivity contribution in [2.24, 2.45) is 5.92 Å². The number of anilines is 1. The molecule has 1 fully saturated rings. The summed E-state index contributed by atoms with van der Waals surface area (Å²) >= 11 is 0. The first kappa shape index (κ1) is 19.9. The van der Waals surface area contributed by atoms with Crippen molar-refractivity contribution in [3.63, 3.8) is 0 Å². The van der Waals surface area contributed by atoms with E-state index in [0.29, 0.717) is 24.2 Å². The van der Waals surface area contributed by atoms with Crippen LogP contribution in [0, 0.1) is 17.2 Å². The molecular weight excluding hydrogens is 328 g/mol. The molecule has 2 rings (SSSR count). The normalized spacial score (nSPS) is 15.3. The number of nitrogens with zero attached hydrogens (tertiary/aromatic N) is 3. The van der Waals surface area contributed by atoms with E-state index in [2.05, 4.69) is 16.3 Å². The van der Waals surface area contributed by atoms with Gasteiger partial charge in [-0.1, -0.05) is 0 Å². The van der Waals surface area contributed by atoms with E-state index < -0.39 is 0 Å². The molecule has 6 nitrogen and oxygen atoms in total. The van der Waals surface area contributed by atoms with Crippen LogP contribution < -0.4 is 5.32 Å². The summed E-state index contributed by atoms with van der Waals surface area (Å²) in [5.74, 6) is 0.364. The summed E-state index contributed by atoms with van der Waals surface area (Å²) in [5.41, 5.74) is 1.28. The number of benzene rings is 1. The van der Waals surface area contributed by atoms with E-state index in [1.165, 1.54) is 0 Å². The highest BCUT2D eigenvalue weighted by molar-refractivity contribution is 5.90. The summed E-state index contributed by atoms with van der Waals surface area (Å²) < 4.78 is 0. The molecule has 1 aromatic rings. The Hall–Kier alpha value is -2.39. The predicted octanol–water partition coefficient (Wildman–Crippen LogP) is 2.47. The molecule has 0 spiro atoms. The van der Waals surface area contributed by atoms with Crippen molar-refractivity contribution in [1.29, 1.82) is 5.26 Å². The van der Waals surface area contributed by atoms with E-state index in [1.807, 2.05) is 18.7 Å². The topological polar surface area (TPSA) is 76.4 Å². The summed E-state index contributed by atoms with van der Waals surface area (Å²) in [6.07, 6.45) is 2.16. The van der Waals surface area contributed by atoms with Crippen LogP contribution in [0.15, 0.2) is 24.3 Å². The minimum atomic E-state index is -0.0314. The zero-order chi connectivity index (χ0) is 18.9. The molecule has 0 aromatic heterocycles. The maximum absolute atomic E-state index is 12.4. The van der Waals surface area contributed by atoms with Gasteiger partial charge in [0.25, 0.3) is 0 Å². The molecule has 1 heterocycles. The molecule has 6 heteroatoms. The van der Waals surface area contributed by atoms with Gasteiger partial charge in [0.05, 0.1) is 11.6 Å². The molecule has 1 aromatic carbocycles. The molecule has 0 atom stereocenters. The minimum Gasteiger partial charge on any atom is -0.343 e. The van der Waals surface area contributed by atoms with Gasteiger partial charge in [0.1, 0.15) is 0 Å². The zero-order valence-corrected chi connectivity index (χ0v) is 15.7. The second-order valence-corrected chi connectivity index (χ2v) is 6.61. The maximum atomic E-state index is 12.4. The van der Waals surface area contributed by atoms with Crippen LogP contribution in [0.1, 0.15) is 38.7 Å². The van der Waals surface area contributed by atoms with Crippen LogP contribution in [0.3, 0.4) is 0 Å². The number of nitrogens with one attached hydrogen (secondary N) is 1. The molecule has 1 aliphatic rings. The van der Waals surface area contributed by atoms with Crippen LogP contribution in [0.2, 0.25) is 0 Å². The van der Waals surface area contributed by atoms with Gasteiger partial charge in [-0.05, 0) is 64.0 Å². The highest BCUT2D eigenvalue weighted by atomic mass is 16.2. The van der Waals surface area contributed by atoms with E-state index in [9.17, 15) is 9.59 Å². The number of piperidine rings is 1. The highest BCUT2D eigenvalue weighted by Gasteiger charge is 2.27. The average Bonchev–Trinajstić information content (AvgIpc) is 2.68. The molecule has 2 amide bonds. The number of hydrogen-bond acceptors (Lipinski definition) is 4. The zero-order valence-electron chi connectivity index (χ0n) is 15.7. The summed E-state index contributed by atoms with van der Waals surface area (Å²) in [6, 6.07) is 8.90. The molecule has 1 saturated heterocycles. The number of rotatable bonds is 7. The maximum Gasteiger partial charge on any atom is 0.225 e. The van der Waals surface area contributed by atoms with Gasteiger partial charge < -0.3 is 15.1 Å². The first-order chi connectivity index (χ1) is 12.6. The van der Waals surface area contributed by atoms with Crippen molar-refractivity contribution in [1.82, 2.24) is 9.80 Å². The van der Waals surface area contributed by atoms with Crippen molar-refractivity contribution < 1.29 is 9.59 Å². The van der Waals surface area contributed by atoms with Crippen LogP contribution in [0.25, 0.3) is 0 Å². The number of carbonyl (C=O) groups is 2. The Morgan fingerprint density at radius 1 is 1.19 bits per heavy atom. The van der Waals surface area contributed by atoms with Crippen LogP contribution in [-0.2, 0) is 9.59 Å². The van der Waals surface area contributed by atoms with E-state index in [1.54, 1.807) is 24.3 Å². The van der Waals surface area contributed by atoms with Crippen LogP contribution in [0.4, 0.5) is 5.69 Å². The Kier molecular flexibility index (Phi) is 7.61. The largest absolute Gasteiger partial charge is 0.343 e. The third-order valence-electron chi connectivity index (χ3n) is 4.96. The average molecular weight is 356 g/mol. The summed E-state index contributed by atoms with van der Waals surface area (Å²) in [7, 11) is 0. The Balaban J connectivity index is 1.71. The fraction of sp³-hybridized carbons (Fsp3) is 0.550. The van der Waals surface area contributed by atoms with Crippen molar-refractivity contribution in [2.45, 2.75) is 33.1 Å². The first-order valence-electron chi connectivity index (χ1n) is 9.38. The van der Waals surface area contributed by atoms with Gasteiger partial charge >= 0.3 is 0 Å². The highest BCUT2D eigenvalue weighted by Crippen LogP contribution is 2.20.